The molecule has 6 heteroatoms. The number of halogens is 2. The van der Waals surface area contributed by atoms with Crippen LogP contribution in [0.4, 0.5) is 14.5 Å². The maximum atomic E-state index is 12.3. The van der Waals surface area contributed by atoms with E-state index in [1.54, 1.807) is 24.3 Å². The summed E-state index contributed by atoms with van der Waals surface area (Å²) in [7, 11) is 0. The highest BCUT2D eigenvalue weighted by molar-refractivity contribution is 5.75. The van der Waals surface area contributed by atoms with Crippen LogP contribution in [0.1, 0.15) is 5.56 Å². The van der Waals surface area contributed by atoms with Gasteiger partial charge >= 0.3 is 0 Å². The summed E-state index contributed by atoms with van der Waals surface area (Å²) in [6.45, 7) is -0.463. The van der Waals surface area contributed by atoms with Gasteiger partial charge in [0.1, 0.15) is 0 Å². The minimum Gasteiger partial charge on any atom is -0.399 e. The Labute approximate surface area is 98.2 Å². The van der Waals surface area contributed by atoms with Gasteiger partial charge in [-0.25, -0.2) is 8.78 Å². The summed E-state index contributed by atoms with van der Waals surface area (Å²) in [5.74, 6) is -0.630. The van der Waals surface area contributed by atoms with Crippen molar-refractivity contribution in [3.63, 3.8) is 0 Å². The first-order chi connectivity index (χ1) is 7.97. The Morgan fingerprint density at radius 3 is 2.65 bits per heavy atom. The number of primary amides is 1. The molecule has 0 aromatic heterocycles. The third-order valence-corrected chi connectivity index (χ3v) is 2.13. The van der Waals surface area contributed by atoms with Crippen LogP contribution >= 0.6 is 0 Å². The molecule has 1 aromatic carbocycles. The molecule has 0 radical (unpaired) electrons. The third-order valence-electron chi connectivity index (χ3n) is 2.13. The van der Waals surface area contributed by atoms with Gasteiger partial charge in [-0.15, -0.1) is 0 Å². The fourth-order valence-electron chi connectivity index (χ4n) is 1.55. The van der Waals surface area contributed by atoms with Gasteiger partial charge < -0.3 is 11.5 Å². The minimum absolute atomic E-state index is 0.195. The SMILES string of the molecule is NC(=O)CN(Cc1cccc(N)c1)CC(F)F. The van der Waals surface area contributed by atoms with E-state index in [0.717, 1.165) is 5.56 Å². The average molecular weight is 243 g/mol. The van der Waals surface area contributed by atoms with Crippen molar-refractivity contribution in [3.05, 3.63) is 29.8 Å². The first-order valence-electron chi connectivity index (χ1n) is 5.10. The minimum atomic E-state index is -2.50. The molecule has 0 aliphatic carbocycles. The van der Waals surface area contributed by atoms with E-state index in [2.05, 4.69) is 0 Å². The first kappa shape index (κ1) is 13.4. The van der Waals surface area contributed by atoms with Crippen LogP contribution in [0, 0.1) is 0 Å². The molecule has 0 aliphatic rings. The number of nitrogens with two attached hydrogens (primary N) is 2. The van der Waals surface area contributed by atoms with Crippen molar-refractivity contribution in [2.24, 2.45) is 5.73 Å². The quantitative estimate of drug-likeness (QED) is 0.726. The summed E-state index contributed by atoms with van der Waals surface area (Å²) in [6, 6.07) is 6.87. The van der Waals surface area contributed by atoms with Crippen LogP contribution in [-0.2, 0) is 11.3 Å². The smallest absolute Gasteiger partial charge is 0.251 e. The summed E-state index contributed by atoms with van der Waals surface area (Å²) in [6.07, 6.45) is -2.50. The zero-order valence-electron chi connectivity index (χ0n) is 9.27. The fraction of sp³-hybridized carbons (Fsp3) is 0.364. The van der Waals surface area contributed by atoms with Gasteiger partial charge in [0.25, 0.3) is 6.43 Å². The lowest BCUT2D eigenvalue weighted by Gasteiger charge is -2.20. The molecule has 0 unspecified atom stereocenters. The van der Waals surface area contributed by atoms with Gasteiger partial charge in [-0.3, -0.25) is 9.69 Å². The van der Waals surface area contributed by atoms with Gasteiger partial charge in [-0.1, -0.05) is 12.1 Å². The molecule has 0 fully saturated rings. The molecular weight excluding hydrogens is 228 g/mol. The number of carbonyl (C=O) groups excluding carboxylic acids is 1. The van der Waals surface area contributed by atoms with E-state index >= 15 is 0 Å². The van der Waals surface area contributed by atoms with Crippen molar-refractivity contribution in [1.82, 2.24) is 4.90 Å². The average Bonchev–Trinajstić information content (AvgIpc) is 2.14. The van der Waals surface area contributed by atoms with Crippen LogP contribution < -0.4 is 11.5 Å². The van der Waals surface area contributed by atoms with Crippen molar-refractivity contribution in [1.29, 1.82) is 0 Å². The number of anilines is 1. The van der Waals surface area contributed by atoms with Gasteiger partial charge in [0.05, 0.1) is 13.1 Å². The summed E-state index contributed by atoms with van der Waals surface area (Å²) < 4.78 is 24.6. The van der Waals surface area contributed by atoms with Crippen LogP contribution in [-0.4, -0.2) is 30.3 Å². The second kappa shape index (κ2) is 6.15. The monoisotopic (exact) mass is 243 g/mol. The predicted molar refractivity (Wildman–Crippen MR) is 61.3 cm³/mol. The third kappa shape index (κ3) is 5.26. The molecule has 1 amide bonds. The highest BCUT2D eigenvalue weighted by Crippen LogP contribution is 2.10. The normalized spacial score (nSPS) is 11.1. The number of rotatable bonds is 6. The topological polar surface area (TPSA) is 72.4 Å². The van der Waals surface area contributed by atoms with Crippen molar-refractivity contribution in [2.75, 3.05) is 18.8 Å². The van der Waals surface area contributed by atoms with E-state index in [0.29, 0.717) is 5.69 Å². The maximum Gasteiger partial charge on any atom is 0.251 e. The van der Waals surface area contributed by atoms with E-state index in [9.17, 15) is 13.6 Å². The van der Waals surface area contributed by atoms with Gasteiger partial charge in [0.2, 0.25) is 5.91 Å². The number of hydrogen-bond donors (Lipinski definition) is 2. The first-order valence-corrected chi connectivity index (χ1v) is 5.10. The number of alkyl halides is 2. The molecule has 0 atom stereocenters. The fourth-order valence-corrected chi connectivity index (χ4v) is 1.55. The lowest BCUT2D eigenvalue weighted by Crippen LogP contribution is -2.36. The predicted octanol–water partition coefficient (Wildman–Crippen LogP) is 0.821. The Bertz CT molecular complexity index is 385. The molecule has 4 N–H and O–H groups in total. The van der Waals surface area contributed by atoms with Crippen LogP contribution in [0.15, 0.2) is 24.3 Å². The Kier molecular flexibility index (Phi) is 4.84. The Hall–Kier alpha value is -1.69. The Morgan fingerprint density at radius 2 is 2.12 bits per heavy atom. The van der Waals surface area contributed by atoms with Crippen molar-refractivity contribution < 1.29 is 13.6 Å². The molecule has 0 spiro atoms. The van der Waals surface area contributed by atoms with E-state index in [-0.39, 0.29) is 13.1 Å². The number of nitrogen functional groups attached to an aromatic ring is 1. The van der Waals surface area contributed by atoms with Crippen molar-refractivity contribution >= 4 is 11.6 Å². The number of carbonyl (C=O) groups is 1. The van der Waals surface area contributed by atoms with Crippen LogP contribution in [0.5, 0.6) is 0 Å². The molecule has 0 aliphatic heterocycles. The zero-order valence-corrected chi connectivity index (χ0v) is 9.27. The summed E-state index contributed by atoms with van der Waals surface area (Å²) >= 11 is 0. The van der Waals surface area contributed by atoms with E-state index in [1.807, 2.05) is 0 Å². The lowest BCUT2D eigenvalue weighted by atomic mass is 10.2. The number of amides is 1. The van der Waals surface area contributed by atoms with Crippen LogP contribution in [0.3, 0.4) is 0 Å². The Balaban J connectivity index is 2.67. The van der Waals surface area contributed by atoms with E-state index < -0.39 is 18.9 Å². The van der Waals surface area contributed by atoms with Crippen LogP contribution in [0.2, 0.25) is 0 Å². The van der Waals surface area contributed by atoms with Crippen molar-refractivity contribution in [2.45, 2.75) is 13.0 Å². The number of nitrogens with zero attached hydrogens (tertiary/aromatic N) is 1. The van der Waals surface area contributed by atoms with E-state index in [1.165, 1.54) is 4.90 Å². The summed E-state index contributed by atoms with van der Waals surface area (Å²) in [5, 5.41) is 0. The molecule has 4 nitrogen and oxygen atoms in total. The Morgan fingerprint density at radius 1 is 1.41 bits per heavy atom. The lowest BCUT2D eigenvalue weighted by molar-refractivity contribution is -0.119. The second-order valence-electron chi connectivity index (χ2n) is 3.77. The molecule has 0 heterocycles. The second-order valence-corrected chi connectivity index (χ2v) is 3.77. The van der Waals surface area contributed by atoms with Gasteiger partial charge in [-0.05, 0) is 17.7 Å². The molecule has 1 rings (SSSR count). The molecular formula is C11H15F2N3O. The number of benzene rings is 1. The highest BCUT2D eigenvalue weighted by Gasteiger charge is 2.14. The van der Waals surface area contributed by atoms with Gasteiger partial charge in [0.15, 0.2) is 0 Å². The summed E-state index contributed by atoms with van der Waals surface area (Å²) in [4.78, 5) is 12.1. The zero-order chi connectivity index (χ0) is 12.8. The maximum absolute atomic E-state index is 12.3. The number of hydrogen-bond acceptors (Lipinski definition) is 3. The van der Waals surface area contributed by atoms with Gasteiger partial charge in [-0.2, -0.15) is 0 Å². The standard InChI is InChI=1S/C11H15F2N3O/c12-10(13)6-16(7-11(15)17)5-8-2-1-3-9(14)4-8/h1-4,10H,5-7,14H2,(H2,15,17). The molecule has 1 aromatic rings. The van der Waals surface area contributed by atoms with Crippen LogP contribution in [0.25, 0.3) is 0 Å². The largest absolute Gasteiger partial charge is 0.399 e. The van der Waals surface area contributed by atoms with Gasteiger partial charge in [0, 0.05) is 12.2 Å². The van der Waals surface area contributed by atoms with Crippen molar-refractivity contribution in [3.8, 4) is 0 Å². The van der Waals surface area contributed by atoms with E-state index in [4.69, 9.17) is 11.5 Å². The summed E-state index contributed by atoms with van der Waals surface area (Å²) in [5.41, 5.74) is 11.9. The molecule has 0 saturated carbocycles. The molecule has 0 saturated heterocycles. The molecule has 94 valence electrons. The molecule has 0 bridgehead atoms. The highest BCUT2D eigenvalue weighted by atomic mass is 19.3. The molecule has 17 heavy (non-hydrogen) atoms.